The van der Waals surface area contributed by atoms with Crippen molar-refractivity contribution >= 4 is 5.91 Å². The molecule has 0 saturated heterocycles. The van der Waals surface area contributed by atoms with Gasteiger partial charge in [-0.3, -0.25) is 9.48 Å². The zero-order chi connectivity index (χ0) is 12.0. The van der Waals surface area contributed by atoms with Crippen LogP contribution in [0.3, 0.4) is 0 Å². The molecule has 0 aliphatic carbocycles. The average Bonchev–Trinajstić information content (AvgIpc) is 2.68. The Balaban J connectivity index is 2.29. The topological polar surface area (TPSA) is 72.9 Å². The van der Waals surface area contributed by atoms with E-state index in [9.17, 15) is 4.79 Å². The van der Waals surface area contributed by atoms with Crippen LogP contribution in [0.15, 0.2) is 12.3 Å². The molecular weight excluding hydrogens is 204 g/mol. The Morgan fingerprint density at radius 2 is 2.44 bits per heavy atom. The number of rotatable bonds is 6. The second-order valence-corrected chi connectivity index (χ2v) is 3.95. The summed E-state index contributed by atoms with van der Waals surface area (Å²) in [5.41, 5.74) is 6.58. The minimum Gasteiger partial charge on any atom is -0.349 e. The first-order valence-electron chi connectivity index (χ1n) is 5.65. The number of amides is 1. The summed E-state index contributed by atoms with van der Waals surface area (Å²) in [4.78, 5) is 11.6. The van der Waals surface area contributed by atoms with E-state index >= 15 is 0 Å². The highest BCUT2D eigenvalue weighted by atomic mass is 16.2. The molecule has 0 fully saturated rings. The van der Waals surface area contributed by atoms with E-state index in [4.69, 9.17) is 5.73 Å². The molecule has 1 aromatic heterocycles. The highest BCUT2D eigenvalue weighted by Gasteiger charge is 2.12. The molecule has 0 spiro atoms. The molecular formula is C11H20N4O. The zero-order valence-electron chi connectivity index (χ0n) is 9.94. The molecule has 5 nitrogen and oxygen atoms in total. The van der Waals surface area contributed by atoms with Crippen LogP contribution in [-0.2, 0) is 18.4 Å². The smallest absolute Gasteiger partial charge is 0.237 e. The quantitative estimate of drug-likeness (QED) is 0.741. The van der Waals surface area contributed by atoms with Crippen molar-refractivity contribution in [2.75, 3.05) is 0 Å². The van der Waals surface area contributed by atoms with Crippen molar-refractivity contribution in [1.82, 2.24) is 15.1 Å². The molecule has 0 aromatic carbocycles. The van der Waals surface area contributed by atoms with Crippen molar-refractivity contribution < 1.29 is 4.79 Å². The number of nitrogens with zero attached hydrogens (tertiary/aromatic N) is 2. The third-order valence-corrected chi connectivity index (χ3v) is 2.42. The first kappa shape index (κ1) is 12.7. The minimum atomic E-state index is -0.399. The Morgan fingerprint density at radius 1 is 1.69 bits per heavy atom. The van der Waals surface area contributed by atoms with Gasteiger partial charge in [-0.1, -0.05) is 19.8 Å². The molecule has 5 heteroatoms. The first-order valence-corrected chi connectivity index (χ1v) is 5.65. The summed E-state index contributed by atoms with van der Waals surface area (Å²) in [5, 5.41) is 6.95. The van der Waals surface area contributed by atoms with Gasteiger partial charge >= 0.3 is 0 Å². The Bertz CT molecular complexity index is 334. The number of carbonyl (C=O) groups excluding carboxylic acids is 1. The number of hydrogen-bond acceptors (Lipinski definition) is 3. The summed E-state index contributed by atoms with van der Waals surface area (Å²) >= 11 is 0. The van der Waals surface area contributed by atoms with Crippen molar-refractivity contribution in [2.24, 2.45) is 12.8 Å². The molecule has 16 heavy (non-hydrogen) atoms. The highest BCUT2D eigenvalue weighted by Crippen LogP contribution is 1.99. The number of hydrogen-bond donors (Lipinski definition) is 2. The van der Waals surface area contributed by atoms with E-state index in [1.807, 2.05) is 19.3 Å². The minimum absolute atomic E-state index is 0.0981. The molecule has 1 atom stereocenters. The van der Waals surface area contributed by atoms with E-state index in [-0.39, 0.29) is 5.91 Å². The molecule has 0 aliphatic rings. The highest BCUT2D eigenvalue weighted by molar-refractivity contribution is 5.81. The standard InChI is InChI=1S/C11H20N4O/c1-3-4-5-10(12)11(16)13-8-9-6-7-15(2)14-9/h6-7,10H,3-5,8,12H2,1-2H3,(H,13,16)/t10-/m0/s1. The molecule has 0 saturated carbocycles. The van der Waals surface area contributed by atoms with Gasteiger partial charge in [-0.2, -0.15) is 5.10 Å². The van der Waals surface area contributed by atoms with Crippen molar-refractivity contribution in [2.45, 2.75) is 38.8 Å². The van der Waals surface area contributed by atoms with E-state index in [0.29, 0.717) is 6.54 Å². The summed E-state index contributed by atoms with van der Waals surface area (Å²) in [5.74, 6) is -0.0981. The van der Waals surface area contributed by atoms with Crippen LogP contribution in [0.1, 0.15) is 31.9 Å². The van der Waals surface area contributed by atoms with Crippen LogP contribution < -0.4 is 11.1 Å². The van der Waals surface area contributed by atoms with Crippen molar-refractivity contribution in [3.8, 4) is 0 Å². The lowest BCUT2D eigenvalue weighted by Crippen LogP contribution is -2.40. The number of carbonyl (C=O) groups is 1. The average molecular weight is 224 g/mol. The van der Waals surface area contributed by atoms with Gasteiger partial charge in [0, 0.05) is 13.2 Å². The first-order chi connectivity index (χ1) is 7.63. The van der Waals surface area contributed by atoms with Crippen LogP contribution in [0.4, 0.5) is 0 Å². The molecule has 0 bridgehead atoms. The van der Waals surface area contributed by atoms with Crippen molar-refractivity contribution in [3.05, 3.63) is 18.0 Å². The van der Waals surface area contributed by atoms with E-state index < -0.39 is 6.04 Å². The van der Waals surface area contributed by atoms with Gasteiger partial charge in [0.2, 0.25) is 5.91 Å². The maximum Gasteiger partial charge on any atom is 0.237 e. The molecule has 1 rings (SSSR count). The predicted octanol–water partition coefficient (Wildman–Crippen LogP) is 0.554. The fraction of sp³-hybridized carbons (Fsp3) is 0.636. The van der Waals surface area contributed by atoms with Crippen molar-refractivity contribution in [1.29, 1.82) is 0 Å². The van der Waals surface area contributed by atoms with Gasteiger partial charge in [0.1, 0.15) is 0 Å². The maximum atomic E-state index is 11.6. The molecule has 1 aromatic rings. The van der Waals surface area contributed by atoms with Crippen molar-refractivity contribution in [3.63, 3.8) is 0 Å². The lowest BCUT2D eigenvalue weighted by molar-refractivity contribution is -0.122. The lowest BCUT2D eigenvalue weighted by Gasteiger charge is -2.10. The molecule has 90 valence electrons. The third-order valence-electron chi connectivity index (χ3n) is 2.42. The Morgan fingerprint density at radius 3 is 3.00 bits per heavy atom. The predicted molar refractivity (Wildman–Crippen MR) is 62.6 cm³/mol. The molecule has 1 amide bonds. The van der Waals surface area contributed by atoms with Gasteiger partial charge in [-0.25, -0.2) is 0 Å². The SMILES string of the molecule is CCCC[C@H](N)C(=O)NCc1ccn(C)n1. The molecule has 0 unspecified atom stereocenters. The Kier molecular flexibility index (Phi) is 4.98. The Hall–Kier alpha value is -1.36. The molecule has 0 radical (unpaired) electrons. The summed E-state index contributed by atoms with van der Waals surface area (Å²) in [7, 11) is 1.85. The van der Waals surface area contributed by atoms with E-state index in [2.05, 4.69) is 17.3 Å². The molecule has 1 heterocycles. The van der Waals surface area contributed by atoms with E-state index in [1.54, 1.807) is 4.68 Å². The van der Waals surface area contributed by atoms with Gasteiger partial charge in [0.05, 0.1) is 18.3 Å². The summed E-state index contributed by atoms with van der Waals surface area (Å²) in [6, 6.07) is 1.47. The maximum absolute atomic E-state index is 11.6. The Labute approximate surface area is 96.0 Å². The monoisotopic (exact) mass is 224 g/mol. The molecule has 3 N–H and O–H groups in total. The second-order valence-electron chi connectivity index (χ2n) is 3.95. The van der Waals surface area contributed by atoms with Crippen LogP contribution in [0.5, 0.6) is 0 Å². The van der Waals surface area contributed by atoms with Crippen LogP contribution >= 0.6 is 0 Å². The number of nitrogens with one attached hydrogen (secondary N) is 1. The number of nitrogens with two attached hydrogens (primary N) is 1. The van der Waals surface area contributed by atoms with E-state index in [1.165, 1.54) is 0 Å². The fourth-order valence-corrected chi connectivity index (χ4v) is 1.42. The van der Waals surface area contributed by atoms with Gasteiger partial charge in [-0.05, 0) is 12.5 Å². The number of aromatic nitrogens is 2. The van der Waals surface area contributed by atoms with Crippen LogP contribution in [0, 0.1) is 0 Å². The molecule has 0 aliphatic heterocycles. The summed E-state index contributed by atoms with van der Waals surface area (Å²) in [6.45, 7) is 2.53. The normalized spacial score (nSPS) is 12.4. The fourth-order valence-electron chi connectivity index (χ4n) is 1.42. The van der Waals surface area contributed by atoms with Crippen LogP contribution in [0.2, 0.25) is 0 Å². The van der Waals surface area contributed by atoms with Gasteiger partial charge in [-0.15, -0.1) is 0 Å². The zero-order valence-corrected chi connectivity index (χ0v) is 9.94. The van der Waals surface area contributed by atoms with Gasteiger partial charge in [0.25, 0.3) is 0 Å². The largest absolute Gasteiger partial charge is 0.349 e. The third kappa shape index (κ3) is 4.02. The van der Waals surface area contributed by atoms with Gasteiger partial charge < -0.3 is 11.1 Å². The van der Waals surface area contributed by atoms with Crippen LogP contribution in [-0.4, -0.2) is 21.7 Å². The van der Waals surface area contributed by atoms with Crippen LogP contribution in [0.25, 0.3) is 0 Å². The lowest BCUT2D eigenvalue weighted by atomic mass is 10.1. The summed E-state index contributed by atoms with van der Waals surface area (Å²) < 4.78 is 1.71. The van der Waals surface area contributed by atoms with E-state index in [0.717, 1.165) is 25.0 Å². The second kappa shape index (κ2) is 6.27. The number of unbranched alkanes of at least 4 members (excludes halogenated alkanes) is 1. The summed E-state index contributed by atoms with van der Waals surface area (Å²) in [6.07, 6.45) is 4.63. The number of aryl methyl sites for hydroxylation is 1. The van der Waals surface area contributed by atoms with Gasteiger partial charge in [0.15, 0.2) is 0 Å².